The fourth-order valence-corrected chi connectivity index (χ4v) is 1.07. The summed E-state index contributed by atoms with van der Waals surface area (Å²) in [5, 5.41) is 0. The maximum absolute atomic E-state index is 3.79. The molecule has 0 bridgehead atoms. The van der Waals surface area contributed by atoms with Gasteiger partial charge in [-0.2, -0.15) is 0 Å². The Kier molecular flexibility index (Phi) is 24.9. The van der Waals surface area contributed by atoms with Gasteiger partial charge in [0.15, 0.2) is 0 Å². The SMILES string of the molecule is C=CC(/C=C\C)=C(/C=C\C)/C=C\C.CC.CC. The van der Waals surface area contributed by atoms with Gasteiger partial charge in [0.2, 0.25) is 0 Å². The molecular weight excluding hydrogens is 204 g/mol. The van der Waals surface area contributed by atoms with Gasteiger partial charge in [0, 0.05) is 0 Å². The van der Waals surface area contributed by atoms with Gasteiger partial charge in [-0.3, -0.25) is 0 Å². The predicted octanol–water partition coefficient (Wildman–Crippen LogP) is 6.25. The molecule has 0 heteroatoms. The highest BCUT2D eigenvalue weighted by molar-refractivity contribution is 5.45. The first kappa shape index (κ1) is 21.0. The molecule has 98 valence electrons. The van der Waals surface area contributed by atoms with Crippen molar-refractivity contribution in [1.29, 1.82) is 0 Å². The highest BCUT2D eigenvalue weighted by Gasteiger charge is 1.91. The van der Waals surface area contributed by atoms with Crippen molar-refractivity contribution in [3.63, 3.8) is 0 Å². The Balaban J connectivity index is -0.000000439. The van der Waals surface area contributed by atoms with Crippen LogP contribution >= 0.6 is 0 Å². The van der Waals surface area contributed by atoms with Crippen LogP contribution < -0.4 is 0 Å². The van der Waals surface area contributed by atoms with Crippen molar-refractivity contribution < 1.29 is 0 Å². The number of hydrogen-bond acceptors (Lipinski definition) is 0. The molecule has 0 aromatic heterocycles. The molecular formula is C17H30. The molecule has 0 unspecified atom stereocenters. The Morgan fingerprint density at radius 2 is 0.941 bits per heavy atom. The minimum atomic E-state index is 1.15. The first-order valence-corrected chi connectivity index (χ1v) is 6.54. The summed E-state index contributed by atoms with van der Waals surface area (Å²) in [4.78, 5) is 0. The van der Waals surface area contributed by atoms with Gasteiger partial charge in [-0.25, -0.2) is 0 Å². The summed E-state index contributed by atoms with van der Waals surface area (Å²) in [6.07, 6.45) is 14.2. The monoisotopic (exact) mass is 234 g/mol. The van der Waals surface area contributed by atoms with E-state index < -0.39 is 0 Å². The molecule has 0 aliphatic rings. The fourth-order valence-electron chi connectivity index (χ4n) is 1.07. The summed E-state index contributed by atoms with van der Waals surface area (Å²) in [5.74, 6) is 0. The number of hydrogen-bond donors (Lipinski definition) is 0. The summed E-state index contributed by atoms with van der Waals surface area (Å²) in [7, 11) is 0. The second-order valence-corrected chi connectivity index (χ2v) is 2.61. The second-order valence-electron chi connectivity index (χ2n) is 2.61. The van der Waals surface area contributed by atoms with Crippen molar-refractivity contribution in [2.75, 3.05) is 0 Å². The van der Waals surface area contributed by atoms with Gasteiger partial charge >= 0.3 is 0 Å². The predicted molar refractivity (Wildman–Crippen MR) is 84.4 cm³/mol. The second kappa shape index (κ2) is 20.2. The molecule has 0 spiro atoms. The van der Waals surface area contributed by atoms with E-state index in [0.29, 0.717) is 0 Å². The maximum atomic E-state index is 3.79. The van der Waals surface area contributed by atoms with Gasteiger partial charge in [0.25, 0.3) is 0 Å². The van der Waals surface area contributed by atoms with Crippen molar-refractivity contribution >= 4 is 0 Å². The van der Waals surface area contributed by atoms with Crippen LogP contribution in [0.5, 0.6) is 0 Å². The van der Waals surface area contributed by atoms with E-state index >= 15 is 0 Å². The van der Waals surface area contributed by atoms with Crippen molar-refractivity contribution in [2.24, 2.45) is 0 Å². The summed E-state index contributed by atoms with van der Waals surface area (Å²) in [6.45, 7) is 17.8. The molecule has 17 heavy (non-hydrogen) atoms. The van der Waals surface area contributed by atoms with E-state index in [1.54, 1.807) is 0 Å². The minimum absolute atomic E-state index is 1.15. The maximum Gasteiger partial charge on any atom is -0.0191 e. The Bertz CT molecular complexity index is 246. The average molecular weight is 234 g/mol. The van der Waals surface area contributed by atoms with E-state index in [2.05, 4.69) is 24.8 Å². The van der Waals surface area contributed by atoms with Crippen molar-refractivity contribution in [3.05, 3.63) is 60.3 Å². The van der Waals surface area contributed by atoms with E-state index in [-0.39, 0.29) is 0 Å². The Hall–Kier alpha value is -1.30. The van der Waals surface area contributed by atoms with Gasteiger partial charge in [-0.15, -0.1) is 0 Å². The number of allylic oxidation sites excluding steroid dienone is 9. The van der Waals surface area contributed by atoms with E-state index in [1.807, 2.05) is 72.8 Å². The fraction of sp³-hybridized carbons (Fsp3) is 0.412. The van der Waals surface area contributed by atoms with Gasteiger partial charge in [-0.05, 0) is 31.9 Å². The Morgan fingerprint density at radius 1 is 0.647 bits per heavy atom. The smallest absolute Gasteiger partial charge is 0.0191 e. The molecule has 0 saturated heterocycles. The molecule has 0 rings (SSSR count). The van der Waals surface area contributed by atoms with Crippen LogP contribution in [0.15, 0.2) is 60.3 Å². The molecule has 0 radical (unpaired) electrons. The van der Waals surface area contributed by atoms with E-state index in [1.165, 1.54) is 5.57 Å². The van der Waals surface area contributed by atoms with Crippen LogP contribution in [0.1, 0.15) is 48.5 Å². The lowest BCUT2D eigenvalue weighted by atomic mass is 10.1. The third-order valence-electron chi connectivity index (χ3n) is 1.59. The molecule has 0 aromatic rings. The van der Waals surface area contributed by atoms with Crippen molar-refractivity contribution in [1.82, 2.24) is 0 Å². The molecule has 0 amide bonds. The molecule has 0 saturated carbocycles. The topological polar surface area (TPSA) is 0 Å². The summed E-state index contributed by atoms with van der Waals surface area (Å²) < 4.78 is 0. The molecule has 0 N–H and O–H groups in total. The summed E-state index contributed by atoms with van der Waals surface area (Å²) in [5.41, 5.74) is 2.34. The molecule has 0 heterocycles. The molecule has 0 nitrogen and oxygen atoms in total. The van der Waals surface area contributed by atoms with E-state index in [4.69, 9.17) is 0 Å². The normalized spacial score (nSPS) is 9.59. The van der Waals surface area contributed by atoms with Gasteiger partial charge < -0.3 is 0 Å². The Morgan fingerprint density at radius 3 is 1.18 bits per heavy atom. The zero-order chi connectivity index (χ0) is 14.1. The van der Waals surface area contributed by atoms with Crippen LogP contribution in [0.3, 0.4) is 0 Å². The highest BCUT2D eigenvalue weighted by atomic mass is 14.0. The molecule has 0 fully saturated rings. The third-order valence-corrected chi connectivity index (χ3v) is 1.59. The first-order chi connectivity index (χ1) is 8.29. The minimum Gasteiger partial charge on any atom is -0.0984 e. The van der Waals surface area contributed by atoms with Gasteiger partial charge in [-0.1, -0.05) is 76.8 Å². The zero-order valence-electron chi connectivity index (χ0n) is 12.7. The van der Waals surface area contributed by atoms with Crippen LogP contribution in [-0.2, 0) is 0 Å². The first-order valence-electron chi connectivity index (χ1n) is 6.54. The van der Waals surface area contributed by atoms with Gasteiger partial charge in [0.1, 0.15) is 0 Å². The number of rotatable bonds is 4. The molecule has 0 aliphatic heterocycles. The average Bonchev–Trinajstić information content (AvgIpc) is 2.40. The van der Waals surface area contributed by atoms with Crippen LogP contribution in [0, 0.1) is 0 Å². The molecule has 0 aromatic carbocycles. The summed E-state index contributed by atoms with van der Waals surface area (Å²) in [6, 6.07) is 0. The van der Waals surface area contributed by atoms with Crippen molar-refractivity contribution in [3.8, 4) is 0 Å². The zero-order valence-corrected chi connectivity index (χ0v) is 12.7. The Labute approximate surface area is 109 Å². The standard InChI is InChI=1S/C13H18.2C2H6/c1-5-9-12(8-4)13(10-6-2)11-7-3;2*1-2/h5-11H,4H2,1-3H3;2*1-2H3/b9-5-,10-6-,11-7-;;. The lowest BCUT2D eigenvalue weighted by Crippen LogP contribution is -1.79. The van der Waals surface area contributed by atoms with E-state index in [0.717, 1.165) is 5.57 Å². The highest BCUT2D eigenvalue weighted by Crippen LogP contribution is 2.11. The van der Waals surface area contributed by atoms with E-state index in [9.17, 15) is 0 Å². The van der Waals surface area contributed by atoms with Gasteiger partial charge in [0.05, 0.1) is 0 Å². The lowest BCUT2D eigenvalue weighted by Gasteiger charge is -1.98. The molecule has 0 atom stereocenters. The quantitative estimate of drug-likeness (QED) is 0.504. The third kappa shape index (κ3) is 12.6. The van der Waals surface area contributed by atoms with Crippen LogP contribution in [0.4, 0.5) is 0 Å². The molecule has 0 aliphatic carbocycles. The summed E-state index contributed by atoms with van der Waals surface area (Å²) >= 11 is 0. The largest absolute Gasteiger partial charge is 0.0984 e. The lowest BCUT2D eigenvalue weighted by molar-refractivity contribution is 1.50. The van der Waals surface area contributed by atoms with Crippen LogP contribution in [0.2, 0.25) is 0 Å². The van der Waals surface area contributed by atoms with Crippen LogP contribution in [0.25, 0.3) is 0 Å². The van der Waals surface area contributed by atoms with Crippen LogP contribution in [-0.4, -0.2) is 0 Å². The van der Waals surface area contributed by atoms with Crippen molar-refractivity contribution in [2.45, 2.75) is 48.5 Å².